The zero-order valence-electron chi connectivity index (χ0n) is 17.1. The van der Waals surface area contributed by atoms with Gasteiger partial charge in [0.1, 0.15) is 5.82 Å². The first kappa shape index (κ1) is 23.6. The normalized spacial score (nSPS) is 12.4. The van der Waals surface area contributed by atoms with Crippen LogP contribution in [-0.4, -0.2) is 28.8 Å². The summed E-state index contributed by atoms with van der Waals surface area (Å²) in [5.41, 5.74) is 12.1. The van der Waals surface area contributed by atoms with E-state index in [2.05, 4.69) is 15.3 Å². The third-order valence-corrected chi connectivity index (χ3v) is 5.10. The van der Waals surface area contributed by atoms with Crippen LogP contribution in [0.15, 0.2) is 48.5 Å². The van der Waals surface area contributed by atoms with Gasteiger partial charge < -0.3 is 16.0 Å². The molecule has 2 heterocycles. The zero-order valence-corrected chi connectivity index (χ0v) is 18.7. The lowest BCUT2D eigenvalue weighted by atomic mass is 10.00. The van der Waals surface area contributed by atoms with Crippen molar-refractivity contribution in [2.45, 2.75) is 26.7 Å². The van der Waals surface area contributed by atoms with E-state index >= 15 is 0 Å². The monoisotopic (exact) mass is 447 g/mol. The molecule has 1 aliphatic rings. The SMILES string of the molecule is Cc1ccc(-n2nc(C)cc2NC(=O)CN2CCCc3c(N)cccc32)cc1.Cl.Cl. The number of anilines is 3. The van der Waals surface area contributed by atoms with Crippen LogP contribution in [0.1, 0.15) is 23.2 Å². The van der Waals surface area contributed by atoms with Gasteiger partial charge in [0.2, 0.25) is 5.91 Å². The maximum absolute atomic E-state index is 12.8. The van der Waals surface area contributed by atoms with Crippen molar-refractivity contribution in [3.05, 3.63) is 65.4 Å². The Kier molecular flexibility index (Phi) is 7.76. The molecule has 1 amide bonds. The summed E-state index contributed by atoms with van der Waals surface area (Å²) in [7, 11) is 0. The number of nitrogen functional groups attached to an aromatic ring is 1. The summed E-state index contributed by atoms with van der Waals surface area (Å²) in [4.78, 5) is 14.9. The number of carbonyl (C=O) groups is 1. The van der Waals surface area contributed by atoms with Gasteiger partial charge in [-0.15, -0.1) is 24.8 Å². The van der Waals surface area contributed by atoms with E-state index in [1.54, 1.807) is 4.68 Å². The van der Waals surface area contributed by atoms with E-state index in [1.165, 1.54) is 5.56 Å². The number of amides is 1. The molecule has 0 radical (unpaired) electrons. The van der Waals surface area contributed by atoms with Crippen LogP contribution in [0.4, 0.5) is 17.2 Å². The second-order valence-electron chi connectivity index (χ2n) is 7.34. The number of hydrogen-bond donors (Lipinski definition) is 2. The molecule has 2 aromatic carbocycles. The van der Waals surface area contributed by atoms with Crippen LogP contribution in [0.2, 0.25) is 0 Å². The third kappa shape index (κ3) is 4.89. The molecule has 8 heteroatoms. The average Bonchev–Trinajstić information content (AvgIpc) is 3.03. The number of carbonyl (C=O) groups excluding carboxylic acids is 1. The summed E-state index contributed by atoms with van der Waals surface area (Å²) in [5, 5.41) is 7.56. The topological polar surface area (TPSA) is 76.2 Å². The molecule has 0 unspecified atom stereocenters. The Hall–Kier alpha value is -2.70. The summed E-state index contributed by atoms with van der Waals surface area (Å²) < 4.78 is 1.77. The fourth-order valence-electron chi connectivity index (χ4n) is 3.72. The predicted octanol–water partition coefficient (Wildman–Crippen LogP) is 4.31. The minimum Gasteiger partial charge on any atom is -0.398 e. The van der Waals surface area contributed by atoms with Gasteiger partial charge in [0.15, 0.2) is 0 Å². The highest BCUT2D eigenvalue weighted by molar-refractivity contribution is 5.94. The van der Waals surface area contributed by atoms with Gasteiger partial charge in [-0.1, -0.05) is 23.8 Å². The van der Waals surface area contributed by atoms with Crippen LogP contribution < -0.4 is 16.0 Å². The standard InChI is InChI=1S/C22H25N5O.2ClH/c1-15-8-10-17(11-9-15)27-21(13-16(2)25-27)24-22(28)14-26-12-4-5-18-19(23)6-3-7-20(18)26;;/h3,6-11,13H,4-5,12,14,23H2,1-2H3,(H,24,28);2*1H. The lowest BCUT2D eigenvalue weighted by Crippen LogP contribution is -2.37. The number of halogens is 2. The molecule has 1 aromatic heterocycles. The molecule has 4 rings (SSSR count). The Labute approximate surface area is 189 Å². The number of aryl methyl sites for hydroxylation is 2. The Balaban J connectivity index is 0.00000160. The molecule has 0 fully saturated rings. The average molecular weight is 448 g/mol. The smallest absolute Gasteiger partial charge is 0.245 e. The van der Waals surface area contributed by atoms with Crippen LogP contribution >= 0.6 is 24.8 Å². The van der Waals surface area contributed by atoms with Crippen molar-refractivity contribution in [1.82, 2.24) is 9.78 Å². The number of nitrogens with zero attached hydrogens (tertiary/aromatic N) is 3. The molecule has 3 N–H and O–H groups in total. The van der Waals surface area contributed by atoms with Crippen LogP contribution in [-0.2, 0) is 11.2 Å². The minimum absolute atomic E-state index is 0. The summed E-state index contributed by atoms with van der Waals surface area (Å²) in [6.07, 6.45) is 1.95. The van der Waals surface area contributed by atoms with Gasteiger partial charge in [-0.3, -0.25) is 4.79 Å². The van der Waals surface area contributed by atoms with Gasteiger partial charge in [-0.05, 0) is 56.5 Å². The highest BCUT2D eigenvalue weighted by Gasteiger charge is 2.21. The second kappa shape index (κ2) is 9.87. The molecule has 0 saturated heterocycles. The van der Waals surface area contributed by atoms with Crippen molar-refractivity contribution in [3.63, 3.8) is 0 Å². The molecule has 0 bridgehead atoms. The fourth-order valence-corrected chi connectivity index (χ4v) is 3.72. The van der Waals surface area contributed by atoms with Crippen LogP contribution in [0.25, 0.3) is 5.69 Å². The van der Waals surface area contributed by atoms with Crippen LogP contribution in [0, 0.1) is 13.8 Å². The summed E-state index contributed by atoms with van der Waals surface area (Å²) in [6.45, 7) is 5.10. The molecule has 160 valence electrons. The van der Waals surface area contributed by atoms with Crippen molar-refractivity contribution in [2.75, 3.05) is 29.0 Å². The van der Waals surface area contributed by atoms with Gasteiger partial charge >= 0.3 is 0 Å². The quantitative estimate of drug-likeness (QED) is 0.584. The van der Waals surface area contributed by atoms with E-state index in [4.69, 9.17) is 5.73 Å². The third-order valence-electron chi connectivity index (χ3n) is 5.10. The van der Waals surface area contributed by atoms with Crippen molar-refractivity contribution >= 4 is 47.9 Å². The van der Waals surface area contributed by atoms with E-state index in [0.717, 1.165) is 47.7 Å². The second-order valence-corrected chi connectivity index (χ2v) is 7.34. The van der Waals surface area contributed by atoms with E-state index in [-0.39, 0.29) is 37.3 Å². The zero-order chi connectivity index (χ0) is 19.7. The van der Waals surface area contributed by atoms with Gasteiger partial charge in [-0.25, -0.2) is 4.68 Å². The fraction of sp³-hybridized carbons (Fsp3) is 0.273. The number of aromatic nitrogens is 2. The van der Waals surface area contributed by atoms with Gasteiger partial charge in [0.25, 0.3) is 0 Å². The predicted molar refractivity (Wildman–Crippen MR) is 128 cm³/mol. The van der Waals surface area contributed by atoms with Crippen molar-refractivity contribution < 1.29 is 4.79 Å². The number of fused-ring (bicyclic) bond motifs is 1. The molecule has 0 spiro atoms. The van der Waals surface area contributed by atoms with E-state index < -0.39 is 0 Å². The Morgan fingerprint density at radius 2 is 1.87 bits per heavy atom. The van der Waals surface area contributed by atoms with Crippen molar-refractivity contribution in [2.24, 2.45) is 0 Å². The van der Waals surface area contributed by atoms with Crippen LogP contribution in [0.5, 0.6) is 0 Å². The lowest BCUT2D eigenvalue weighted by Gasteiger charge is -2.31. The molecule has 0 aliphatic carbocycles. The first-order valence-electron chi connectivity index (χ1n) is 9.57. The lowest BCUT2D eigenvalue weighted by molar-refractivity contribution is -0.115. The Bertz CT molecular complexity index is 1020. The number of nitrogens with one attached hydrogen (secondary N) is 1. The van der Waals surface area contributed by atoms with E-state index in [9.17, 15) is 4.79 Å². The molecule has 0 saturated carbocycles. The Morgan fingerprint density at radius 3 is 2.60 bits per heavy atom. The van der Waals surface area contributed by atoms with Gasteiger partial charge in [0, 0.05) is 24.0 Å². The summed E-state index contributed by atoms with van der Waals surface area (Å²) in [6, 6.07) is 15.9. The van der Waals surface area contributed by atoms with Crippen molar-refractivity contribution in [1.29, 1.82) is 0 Å². The maximum Gasteiger partial charge on any atom is 0.245 e. The minimum atomic E-state index is -0.0662. The Morgan fingerprint density at radius 1 is 1.13 bits per heavy atom. The van der Waals surface area contributed by atoms with Crippen LogP contribution in [0.3, 0.4) is 0 Å². The number of nitrogens with two attached hydrogens (primary N) is 1. The molecule has 6 nitrogen and oxygen atoms in total. The first-order chi connectivity index (χ1) is 13.5. The number of benzene rings is 2. The van der Waals surface area contributed by atoms with E-state index in [0.29, 0.717) is 5.82 Å². The molecule has 1 aliphatic heterocycles. The number of hydrogen-bond acceptors (Lipinski definition) is 4. The van der Waals surface area contributed by atoms with Gasteiger partial charge in [-0.2, -0.15) is 5.10 Å². The summed E-state index contributed by atoms with van der Waals surface area (Å²) >= 11 is 0. The number of rotatable bonds is 4. The molecule has 30 heavy (non-hydrogen) atoms. The maximum atomic E-state index is 12.8. The van der Waals surface area contributed by atoms with Gasteiger partial charge in [0.05, 0.1) is 17.9 Å². The molecular formula is C22H27Cl2N5O. The highest BCUT2D eigenvalue weighted by Crippen LogP contribution is 2.31. The highest BCUT2D eigenvalue weighted by atomic mass is 35.5. The van der Waals surface area contributed by atoms with E-state index in [1.807, 2.05) is 62.4 Å². The molecular weight excluding hydrogens is 421 g/mol. The van der Waals surface area contributed by atoms with Crippen molar-refractivity contribution in [3.8, 4) is 5.69 Å². The largest absolute Gasteiger partial charge is 0.398 e. The molecule has 3 aromatic rings. The first-order valence-corrected chi connectivity index (χ1v) is 9.57. The summed E-state index contributed by atoms with van der Waals surface area (Å²) in [5.74, 6) is 0.611. The molecule has 0 atom stereocenters.